The minimum absolute atomic E-state index is 0.0347. The van der Waals surface area contributed by atoms with E-state index in [-0.39, 0.29) is 12.3 Å². The van der Waals surface area contributed by atoms with E-state index in [4.69, 9.17) is 4.74 Å². The first-order valence-corrected chi connectivity index (χ1v) is 7.43. The molecule has 0 amide bonds. The van der Waals surface area contributed by atoms with E-state index in [1.54, 1.807) is 0 Å². The maximum atomic E-state index is 13.1. The quantitative estimate of drug-likeness (QED) is 0.828. The molecule has 0 aliphatic rings. The van der Waals surface area contributed by atoms with Gasteiger partial charge in [-0.3, -0.25) is 0 Å². The molecule has 0 unspecified atom stereocenters. The molecule has 0 saturated carbocycles. The van der Waals surface area contributed by atoms with Gasteiger partial charge in [0.1, 0.15) is 11.6 Å². The van der Waals surface area contributed by atoms with Crippen molar-refractivity contribution in [2.45, 2.75) is 26.3 Å². The van der Waals surface area contributed by atoms with Crippen LogP contribution < -0.4 is 9.46 Å². The molecule has 0 radical (unpaired) electrons. The van der Waals surface area contributed by atoms with Gasteiger partial charge in [0.05, 0.1) is 12.9 Å². The first-order chi connectivity index (χ1) is 8.48. The molecule has 6 heteroatoms. The van der Waals surface area contributed by atoms with Gasteiger partial charge < -0.3 is 4.74 Å². The third kappa shape index (κ3) is 4.62. The Balaban J connectivity index is 2.71. The van der Waals surface area contributed by atoms with Crippen molar-refractivity contribution < 1.29 is 17.5 Å². The third-order valence-electron chi connectivity index (χ3n) is 2.49. The topological polar surface area (TPSA) is 55.4 Å². The number of unbranched alkanes of at least 4 members (excludes halogenated alkanes) is 1. The summed E-state index contributed by atoms with van der Waals surface area (Å²) in [6, 6.07) is 4.01. The molecular formula is C12H18FNO3S. The van der Waals surface area contributed by atoms with E-state index in [2.05, 4.69) is 4.72 Å². The molecule has 0 aliphatic carbocycles. The lowest BCUT2D eigenvalue weighted by Crippen LogP contribution is -2.26. The molecule has 0 aliphatic heterocycles. The molecule has 4 nitrogen and oxygen atoms in total. The number of hydrogen-bond donors (Lipinski definition) is 1. The van der Waals surface area contributed by atoms with Crippen LogP contribution in [0, 0.1) is 5.82 Å². The molecule has 18 heavy (non-hydrogen) atoms. The Morgan fingerprint density at radius 1 is 1.39 bits per heavy atom. The molecule has 0 saturated heterocycles. The van der Waals surface area contributed by atoms with Crippen LogP contribution in [-0.4, -0.2) is 21.3 Å². The maximum Gasteiger partial charge on any atom is 0.211 e. The van der Waals surface area contributed by atoms with Gasteiger partial charge in [0.15, 0.2) is 0 Å². The zero-order chi connectivity index (χ0) is 13.6. The minimum atomic E-state index is -3.31. The lowest BCUT2D eigenvalue weighted by molar-refractivity contribution is 0.407. The summed E-state index contributed by atoms with van der Waals surface area (Å²) in [6.45, 7) is 1.96. The largest absolute Gasteiger partial charge is 0.496 e. The van der Waals surface area contributed by atoms with Crippen LogP contribution in [-0.2, 0) is 16.6 Å². The molecule has 102 valence electrons. The number of methoxy groups -OCH3 is 1. The Bertz CT molecular complexity index is 488. The molecule has 0 fully saturated rings. The lowest BCUT2D eigenvalue weighted by atomic mass is 10.2. The van der Waals surface area contributed by atoms with E-state index < -0.39 is 15.8 Å². The third-order valence-corrected chi connectivity index (χ3v) is 3.90. The van der Waals surface area contributed by atoms with Gasteiger partial charge >= 0.3 is 0 Å². The fourth-order valence-electron chi connectivity index (χ4n) is 1.48. The number of hydrogen-bond acceptors (Lipinski definition) is 3. The van der Waals surface area contributed by atoms with Crippen molar-refractivity contribution in [3.05, 3.63) is 29.6 Å². The van der Waals surface area contributed by atoms with Crippen LogP contribution in [0.15, 0.2) is 18.2 Å². The highest BCUT2D eigenvalue weighted by Crippen LogP contribution is 2.19. The van der Waals surface area contributed by atoms with Gasteiger partial charge in [0, 0.05) is 12.1 Å². The van der Waals surface area contributed by atoms with Crippen molar-refractivity contribution in [1.29, 1.82) is 0 Å². The fourth-order valence-corrected chi connectivity index (χ4v) is 2.67. The van der Waals surface area contributed by atoms with E-state index in [0.717, 1.165) is 6.42 Å². The minimum Gasteiger partial charge on any atom is -0.496 e. The molecule has 0 bridgehead atoms. The van der Waals surface area contributed by atoms with Gasteiger partial charge in [-0.05, 0) is 24.6 Å². The van der Waals surface area contributed by atoms with Gasteiger partial charge in [-0.25, -0.2) is 17.5 Å². The zero-order valence-electron chi connectivity index (χ0n) is 10.6. The number of nitrogens with one attached hydrogen (secondary N) is 1. The van der Waals surface area contributed by atoms with Crippen LogP contribution >= 0.6 is 0 Å². The highest BCUT2D eigenvalue weighted by Gasteiger charge is 2.11. The first kappa shape index (κ1) is 14.9. The highest BCUT2D eigenvalue weighted by atomic mass is 32.2. The Kier molecular flexibility index (Phi) is 5.55. The van der Waals surface area contributed by atoms with Gasteiger partial charge in [0.25, 0.3) is 0 Å². The number of ether oxygens (including phenoxy) is 1. The molecule has 1 rings (SSSR count). The average molecular weight is 275 g/mol. The van der Waals surface area contributed by atoms with E-state index in [1.807, 2.05) is 6.92 Å². The SMILES string of the molecule is CCCCS(=O)(=O)NCc1cc(F)ccc1OC. The summed E-state index contributed by atoms with van der Waals surface area (Å²) in [6.07, 6.45) is 1.42. The van der Waals surface area contributed by atoms with Gasteiger partial charge in [0.2, 0.25) is 10.0 Å². The van der Waals surface area contributed by atoms with Crippen LogP contribution in [0.2, 0.25) is 0 Å². The summed E-state index contributed by atoms with van der Waals surface area (Å²) in [5, 5.41) is 0. The number of benzene rings is 1. The molecule has 1 aromatic rings. The van der Waals surface area contributed by atoms with E-state index in [9.17, 15) is 12.8 Å². The van der Waals surface area contributed by atoms with Crippen molar-refractivity contribution in [3.63, 3.8) is 0 Å². The zero-order valence-corrected chi connectivity index (χ0v) is 11.4. The standard InChI is InChI=1S/C12H18FNO3S/c1-3-4-7-18(15,16)14-9-10-8-11(13)5-6-12(10)17-2/h5-6,8,14H,3-4,7,9H2,1-2H3. The Hall–Kier alpha value is -1.14. The Morgan fingerprint density at radius 3 is 2.72 bits per heavy atom. The molecule has 0 heterocycles. The molecular weight excluding hydrogens is 257 g/mol. The van der Waals surface area contributed by atoms with Crippen LogP contribution in [0.25, 0.3) is 0 Å². The van der Waals surface area contributed by atoms with E-state index >= 15 is 0 Å². The smallest absolute Gasteiger partial charge is 0.211 e. The first-order valence-electron chi connectivity index (χ1n) is 5.78. The maximum absolute atomic E-state index is 13.1. The summed E-state index contributed by atoms with van der Waals surface area (Å²) < 4.78 is 43.8. The second kappa shape index (κ2) is 6.70. The predicted molar refractivity (Wildman–Crippen MR) is 68.5 cm³/mol. The molecule has 0 aromatic heterocycles. The molecule has 0 atom stereocenters. The normalized spacial score (nSPS) is 11.5. The summed E-state index contributed by atoms with van der Waals surface area (Å²) in [5.74, 6) is 0.134. The molecule has 0 spiro atoms. The van der Waals surface area contributed by atoms with E-state index in [1.165, 1.54) is 25.3 Å². The molecule has 1 N–H and O–H groups in total. The predicted octanol–water partition coefficient (Wildman–Crippen LogP) is 2.05. The summed E-state index contributed by atoms with van der Waals surface area (Å²) in [4.78, 5) is 0. The van der Waals surface area contributed by atoms with Crippen LogP contribution in [0.1, 0.15) is 25.3 Å². The van der Waals surface area contributed by atoms with Gasteiger partial charge in [-0.1, -0.05) is 13.3 Å². The van der Waals surface area contributed by atoms with Gasteiger partial charge in [-0.15, -0.1) is 0 Å². The fraction of sp³-hybridized carbons (Fsp3) is 0.500. The summed E-state index contributed by atoms with van der Waals surface area (Å²) in [7, 11) is -1.85. The van der Waals surface area contributed by atoms with Crippen LogP contribution in [0.5, 0.6) is 5.75 Å². The van der Waals surface area contributed by atoms with E-state index in [0.29, 0.717) is 17.7 Å². The lowest BCUT2D eigenvalue weighted by Gasteiger charge is -2.10. The van der Waals surface area contributed by atoms with Crippen molar-refractivity contribution in [3.8, 4) is 5.75 Å². The number of halogens is 1. The van der Waals surface area contributed by atoms with Crippen LogP contribution in [0.3, 0.4) is 0 Å². The Morgan fingerprint density at radius 2 is 2.11 bits per heavy atom. The number of sulfonamides is 1. The highest BCUT2D eigenvalue weighted by molar-refractivity contribution is 7.89. The van der Waals surface area contributed by atoms with Crippen molar-refractivity contribution in [1.82, 2.24) is 4.72 Å². The van der Waals surface area contributed by atoms with Crippen molar-refractivity contribution >= 4 is 10.0 Å². The monoisotopic (exact) mass is 275 g/mol. The van der Waals surface area contributed by atoms with Gasteiger partial charge in [-0.2, -0.15) is 0 Å². The number of rotatable bonds is 7. The molecule has 1 aromatic carbocycles. The van der Waals surface area contributed by atoms with Crippen molar-refractivity contribution in [2.75, 3.05) is 12.9 Å². The average Bonchev–Trinajstić information content (AvgIpc) is 2.34. The summed E-state index contributed by atoms with van der Waals surface area (Å²) in [5.41, 5.74) is 0.484. The second-order valence-electron chi connectivity index (χ2n) is 3.95. The second-order valence-corrected chi connectivity index (χ2v) is 5.88. The Labute approximate surface area is 107 Å². The summed E-state index contributed by atoms with van der Waals surface area (Å²) >= 11 is 0. The van der Waals surface area contributed by atoms with Crippen molar-refractivity contribution in [2.24, 2.45) is 0 Å². The van der Waals surface area contributed by atoms with Crippen LogP contribution in [0.4, 0.5) is 4.39 Å².